The number of imide groups is 1. The van der Waals surface area contributed by atoms with Gasteiger partial charge in [0, 0.05) is 5.56 Å². The molecule has 0 bridgehead atoms. The third-order valence-electron chi connectivity index (χ3n) is 4.24. The Bertz CT molecular complexity index is 704. The smallest absolute Gasteiger partial charge is 0.346 e. The van der Waals surface area contributed by atoms with Crippen molar-refractivity contribution < 1.29 is 18.7 Å². The second-order valence-corrected chi connectivity index (χ2v) is 5.87. The number of halogens is 1. The Hall–Kier alpha value is -2.44. The van der Waals surface area contributed by atoms with Crippen LogP contribution in [0.15, 0.2) is 23.3 Å². The number of carbonyl (C=O) groups is 2. The highest BCUT2D eigenvalue weighted by Crippen LogP contribution is 2.27. The molecule has 0 radical (unpaired) electrons. The minimum Gasteiger partial charge on any atom is -0.493 e. The van der Waals surface area contributed by atoms with Crippen molar-refractivity contribution in [1.29, 1.82) is 0 Å². The molecule has 1 N–H and O–H groups in total. The SMILES string of the molecule is CCC1(C)NC(=O)N(N=C2CCCOc3ccc(F)cc32)C1=O. The normalized spacial score (nSPS) is 25.9. The van der Waals surface area contributed by atoms with Crippen LogP contribution in [0.2, 0.25) is 0 Å². The summed E-state index contributed by atoms with van der Waals surface area (Å²) in [6.45, 7) is 3.96. The highest BCUT2D eigenvalue weighted by atomic mass is 19.1. The van der Waals surface area contributed by atoms with Crippen LogP contribution in [0.1, 0.15) is 38.7 Å². The van der Waals surface area contributed by atoms with E-state index in [0.717, 1.165) is 5.01 Å². The number of nitrogens with one attached hydrogen (secondary N) is 1. The van der Waals surface area contributed by atoms with E-state index in [9.17, 15) is 14.0 Å². The van der Waals surface area contributed by atoms with Gasteiger partial charge < -0.3 is 10.1 Å². The molecule has 7 heteroatoms. The predicted molar refractivity (Wildman–Crippen MR) is 81.7 cm³/mol. The van der Waals surface area contributed by atoms with Gasteiger partial charge in [0.2, 0.25) is 0 Å². The second kappa shape index (κ2) is 5.64. The minimum atomic E-state index is -0.951. The maximum Gasteiger partial charge on any atom is 0.346 e. The minimum absolute atomic E-state index is 0.402. The van der Waals surface area contributed by atoms with Crippen molar-refractivity contribution in [3.8, 4) is 5.75 Å². The van der Waals surface area contributed by atoms with E-state index in [1.165, 1.54) is 18.2 Å². The summed E-state index contributed by atoms with van der Waals surface area (Å²) < 4.78 is 19.1. The summed E-state index contributed by atoms with van der Waals surface area (Å²) in [7, 11) is 0. The Kier molecular flexibility index (Phi) is 3.79. The van der Waals surface area contributed by atoms with Gasteiger partial charge in [-0.05, 0) is 44.4 Å². The van der Waals surface area contributed by atoms with Crippen LogP contribution in [0.5, 0.6) is 5.75 Å². The third kappa shape index (κ3) is 2.67. The molecule has 23 heavy (non-hydrogen) atoms. The van der Waals surface area contributed by atoms with Crippen LogP contribution in [-0.2, 0) is 4.79 Å². The molecule has 3 rings (SSSR count). The van der Waals surface area contributed by atoms with Gasteiger partial charge in [0.15, 0.2) is 0 Å². The van der Waals surface area contributed by atoms with E-state index < -0.39 is 23.3 Å². The summed E-state index contributed by atoms with van der Waals surface area (Å²) in [5.74, 6) is -0.314. The molecule has 122 valence electrons. The summed E-state index contributed by atoms with van der Waals surface area (Å²) in [6.07, 6.45) is 1.63. The van der Waals surface area contributed by atoms with Crippen molar-refractivity contribution in [1.82, 2.24) is 10.3 Å². The Morgan fingerprint density at radius 2 is 2.22 bits per heavy atom. The summed E-state index contributed by atoms with van der Waals surface area (Å²) >= 11 is 0. The molecule has 1 aromatic carbocycles. The molecule has 3 amide bonds. The molecule has 0 spiro atoms. The van der Waals surface area contributed by atoms with Gasteiger partial charge in [0.1, 0.15) is 17.1 Å². The molecule has 1 fully saturated rings. The van der Waals surface area contributed by atoms with Gasteiger partial charge >= 0.3 is 6.03 Å². The molecule has 2 aliphatic heterocycles. The number of carbonyl (C=O) groups excluding carboxylic acids is 2. The van der Waals surface area contributed by atoms with Gasteiger partial charge in [-0.15, -0.1) is 5.01 Å². The lowest BCUT2D eigenvalue weighted by atomic mass is 10.00. The van der Waals surface area contributed by atoms with Gasteiger partial charge in [-0.1, -0.05) is 6.92 Å². The van der Waals surface area contributed by atoms with Crippen LogP contribution in [-0.4, -0.2) is 34.8 Å². The standard InChI is InChI=1S/C16H18FN3O3/c1-3-16(2)14(21)20(15(22)18-16)19-12-5-4-8-23-13-7-6-10(17)9-11(12)13/h6-7,9H,3-5,8H2,1-2H3,(H,18,22). The number of fused-ring (bicyclic) bond motifs is 1. The zero-order valence-electron chi connectivity index (χ0n) is 13.1. The van der Waals surface area contributed by atoms with Gasteiger partial charge in [0.05, 0.1) is 12.3 Å². The first kappa shape index (κ1) is 15.5. The van der Waals surface area contributed by atoms with Gasteiger partial charge in [-0.3, -0.25) is 4.79 Å². The van der Waals surface area contributed by atoms with Crippen LogP contribution >= 0.6 is 0 Å². The van der Waals surface area contributed by atoms with E-state index in [2.05, 4.69) is 10.4 Å². The number of hydrogen-bond acceptors (Lipinski definition) is 4. The van der Waals surface area contributed by atoms with Crippen molar-refractivity contribution in [2.45, 2.75) is 38.6 Å². The first-order valence-electron chi connectivity index (χ1n) is 7.61. The molecule has 6 nitrogen and oxygen atoms in total. The summed E-state index contributed by atoms with van der Waals surface area (Å²) in [5.41, 5.74) is 0.00158. The van der Waals surface area contributed by atoms with E-state index in [-0.39, 0.29) is 0 Å². The molecular weight excluding hydrogens is 301 g/mol. The monoisotopic (exact) mass is 319 g/mol. The highest BCUT2D eigenvalue weighted by molar-refractivity contribution is 6.09. The summed E-state index contributed by atoms with van der Waals surface area (Å²) in [4.78, 5) is 24.5. The number of hydrogen-bond donors (Lipinski definition) is 1. The third-order valence-corrected chi connectivity index (χ3v) is 4.24. The second-order valence-electron chi connectivity index (χ2n) is 5.87. The highest BCUT2D eigenvalue weighted by Gasteiger charge is 2.47. The Labute approximate surface area is 133 Å². The lowest BCUT2D eigenvalue weighted by Crippen LogP contribution is -2.42. The Balaban J connectivity index is 2.01. The number of amides is 3. The molecular formula is C16H18FN3O3. The van der Waals surface area contributed by atoms with Gasteiger partial charge in [-0.25, -0.2) is 9.18 Å². The fourth-order valence-electron chi connectivity index (χ4n) is 2.63. The first-order chi connectivity index (χ1) is 10.9. The van der Waals surface area contributed by atoms with E-state index in [1.54, 1.807) is 6.92 Å². The zero-order chi connectivity index (χ0) is 16.6. The number of urea groups is 1. The molecule has 1 saturated heterocycles. The molecule has 2 heterocycles. The number of rotatable bonds is 2. The summed E-state index contributed by atoms with van der Waals surface area (Å²) in [5, 5.41) is 7.72. The average Bonchev–Trinajstić information content (AvgIpc) is 2.68. The van der Waals surface area contributed by atoms with Crippen molar-refractivity contribution in [2.75, 3.05) is 6.61 Å². The van der Waals surface area contributed by atoms with Crippen LogP contribution in [0.4, 0.5) is 9.18 Å². The van der Waals surface area contributed by atoms with Gasteiger partial charge in [-0.2, -0.15) is 5.10 Å². The molecule has 0 aliphatic carbocycles. The summed E-state index contributed by atoms with van der Waals surface area (Å²) in [6, 6.07) is 3.60. The molecule has 0 saturated carbocycles. The maximum atomic E-state index is 13.6. The predicted octanol–water partition coefficient (Wildman–Crippen LogP) is 2.42. The fraction of sp³-hybridized carbons (Fsp3) is 0.438. The molecule has 2 aliphatic rings. The lowest BCUT2D eigenvalue weighted by Gasteiger charge is -2.17. The van der Waals surface area contributed by atoms with Crippen molar-refractivity contribution in [3.05, 3.63) is 29.6 Å². The van der Waals surface area contributed by atoms with Crippen LogP contribution in [0.3, 0.4) is 0 Å². The van der Waals surface area contributed by atoms with Crippen molar-refractivity contribution in [3.63, 3.8) is 0 Å². The number of hydrazone groups is 1. The number of benzene rings is 1. The molecule has 1 aromatic rings. The fourth-order valence-corrected chi connectivity index (χ4v) is 2.63. The quantitative estimate of drug-likeness (QED) is 0.851. The topological polar surface area (TPSA) is 71.0 Å². The zero-order valence-corrected chi connectivity index (χ0v) is 13.1. The molecule has 1 atom stereocenters. The molecule has 0 aromatic heterocycles. The first-order valence-corrected chi connectivity index (χ1v) is 7.61. The van der Waals surface area contributed by atoms with E-state index >= 15 is 0 Å². The maximum absolute atomic E-state index is 13.6. The van der Waals surface area contributed by atoms with Crippen LogP contribution in [0.25, 0.3) is 0 Å². The van der Waals surface area contributed by atoms with Crippen LogP contribution in [0, 0.1) is 5.82 Å². The molecule has 1 unspecified atom stereocenters. The Morgan fingerprint density at radius 3 is 2.91 bits per heavy atom. The van der Waals surface area contributed by atoms with E-state index in [0.29, 0.717) is 42.9 Å². The largest absolute Gasteiger partial charge is 0.493 e. The average molecular weight is 319 g/mol. The Morgan fingerprint density at radius 1 is 1.43 bits per heavy atom. The number of ether oxygens (including phenoxy) is 1. The van der Waals surface area contributed by atoms with E-state index in [4.69, 9.17) is 4.74 Å². The van der Waals surface area contributed by atoms with Crippen molar-refractivity contribution in [2.24, 2.45) is 5.10 Å². The van der Waals surface area contributed by atoms with Gasteiger partial charge in [0.25, 0.3) is 5.91 Å². The van der Waals surface area contributed by atoms with Crippen molar-refractivity contribution >= 4 is 17.6 Å². The number of nitrogens with zero attached hydrogens (tertiary/aromatic N) is 2. The van der Waals surface area contributed by atoms with E-state index in [1.807, 2.05) is 6.92 Å². The van der Waals surface area contributed by atoms with Crippen LogP contribution < -0.4 is 10.1 Å². The lowest BCUT2D eigenvalue weighted by molar-refractivity contribution is -0.130.